The third-order valence-corrected chi connectivity index (χ3v) is 6.54. The number of nitrogens with zero attached hydrogens (tertiary/aromatic N) is 3. The Kier molecular flexibility index (Phi) is 8.19. The molecule has 0 aliphatic heterocycles. The number of rotatable bonds is 10. The molecule has 0 fully saturated rings. The molecule has 0 aliphatic carbocycles. The van der Waals surface area contributed by atoms with Crippen LogP contribution in [0, 0.1) is 0 Å². The summed E-state index contributed by atoms with van der Waals surface area (Å²) in [6.45, 7) is 1.98. The van der Waals surface area contributed by atoms with Crippen molar-refractivity contribution < 1.29 is 24.5 Å². The van der Waals surface area contributed by atoms with Crippen LogP contribution in [-0.4, -0.2) is 55.2 Å². The second-order valence-electron chi connectivity index (χ2n) is 9.33. The van der Waals surface area contributed by atoms with E-state index < -0.39 is 23.2 Å². The summed E-state index contributed by atoms with van der Waals surface area (Å²) >= 11 is 0. The quantitative estimate of drug-likeness (QED) is 0.196. The summed E-state index contributed by atoms with van der Waals surface area (Å²) in [6, 6.07) is 18.6. The van der Waals surface area contributed by atoms with E-state index in [0.717, 1.165) is 5.56 Å². The molecule has 3 heterocycles. The zero-order valence-corrected chi connectivity index (χ0v) is 22.6. The highest BCUT2D eigenvalue weighted by Crippen LogP contribution is 2.39. The number of carbonyl (C=O) groups excluding carboxylic acids is 1. The number of H-pyrrole nitrogens is 1. The molecule has 0 bridgehead atoms. The number of pyridine rings is 2. The Hall–Kier alpha value is -5.58. The molecule has 11 nitrogen and oxygen atoms in total. The number of nitrogens with one attached hydrogen (secondary N) is 2. The summed E-state index contributed by atoms with van der Waals surface area (Å²) in [4.78, 5) is 53.7. The first-order valence-corrected chi connectivity index (χ1v) is 13.2. The molecule has 1 amide bonds. The molecule has 3 aromatic heterocycles. The molecule has 2 aromatic carbocycles. The van der Waals surface area contributed by atoms with Crippen LogP contribution in [0.25, 0.3) is 33.3 Å². The van der Waals surface area contributed by atoms with E-state index in [1.807, 2.05) is 48.5 Å². The first-order valence-electron chi connectivity index (χ1n) is 13.2. The van der Waals surface area contributed by atoms with Crippen molar-refractivity contribution in [3.8, 4) is 34.1 Å². The molecule has 5 rings (SSSR count). The molecule has 0 spiro atoms. The maximum Gasteiger partial charge on any atom is 0.316 e. The minimum atomic E-state index is -1.09. The summed E-state index contributed by atoms with van der Waals surface area (Å²) in [5.41, 5.74) is 2.27. The number of hydrogen-bond donors (Lipinski definition) is 4. The number of ether oxygens (including phenoxy) is 1. The highest BCUT2D eigenvalue weighted by atomic mass is 16.5. The number of fused-ring (bicyclic) bond motifs is 1. The third-order valence-electron chi connectivity index (χ3n) is 6.54. The lowest BCUT2D eigenvalue weighted by molar-refractivity contribution is -0.136. The molecule has 0 saturated heterocycles. The van der Waals surface area contributed by atoms with Gasteiger partial charge >= 0.3 is 12.0 Å². The third kappa shape index (κ3) is 5.80. The number of benzene rings is 2. The molecule has 11 heteroatoms. The lowest BCUT2D eigenvalue weighted by Crippen LogP contribution is -2.27. The largest absolute Gasteiger partial charge is 0.505 e. The van der Waals surface area contributed by atoms with Crippen LogP contribution >= 0.6 is 0 Å². The fraction of sp³-hybridized carbons (Fsp3) is 0.161. The fourth-order valence-corrected chi connectivity index (χ4v) is 4.69. The van der Waals surface area contributed by atoms with Gasteiger partial charge in [0.15, 0.2) is 11.4 Å². The average molecular weight is 566 g/mol. The van der Waals surface area contributed by atoms with E-state index in [1.165, 1.54) is 12.4 Å². The highest BCUT2D eigenvalue weighted by Gasteiger charge is 2.26. The van der Waals surface area contributed by atoms with Gasteiger partial charge in [0.25, 0.3) is 11.5 Å². The Balaban J connectivity index is 1.82. The Morgan fingerprint density at radius 1 is 0.976 bits per heavy atom. The molecule has 42 heavy (non-hydrogen) atoms. The number of carbonyl (C=O) groups is 2. The maximum atomic E-state index is 13.8. The highest BCUT2D eigenvalue weighted by molar-refractivity contribution is 6.07. The second kappa shape index (κ2) is 12.3. The topological polar surface area (TPSA) is 167 Å². The van der Waals surface area contributed by atoms with Crippen molar-refractivity contribution >= 4 is 22.8 Å². The second-order valence-corrected chi connectivity index (χ2v) is 9.33. The van der Waals surface area contributed by atoms with Gasteiger partial charge in [-0.15, -0.1) is 0 Å². The predicted molar refractivity (Wildman–Crippen MR) is 155 cm³/mol. The minimum Gasteiger partial charge on any atom is -0.505 e. The van der Waals surface area contributed by atoms with Gasteiger partial charge in [0, 0.05) is 29.9 Å². The molecule has 0 unspecified atom stereocenters. The average Bonchev–Trinajstić information content (AvgIpc) is 2.98. The van der Waals surface area contributed by atoms with E-state index in [2.05, 4.69) is 25.3 Å². The molecule has 212 valence electrons. The van der Waals surface area contributed by atoms with Crippen molar-refractivity contribution in [1.82, 2.24) is 25.3 Å². The first kappa shape index (κ1) is 28.0. The number of amides is 1. The SMILES string of the molecule is CCOc1ncc(-c2nc(C(=O)NCCC(=O)O)c(O)c3c(Cc4ccccc4)c(-c4ccccc4)c(=O)[nH]c23)cn1. The van der Waals surface area contributed by atoms with Gasteiger partial charge < -0.3 is 25.3 Å². The number of hydrogen-bond acceptors (Lipinski definition) is 8. The Labute approximate surface area is 239 Å². The summed E-state index contributed by atoms with van der Waals surface area (Å²) in [5.74, 6) is -2.32. The van der Waals surface area contributed by atoms with Crippen molar-refractivity contribution in [2.75, 3.05) is 13.2 Å². The molecule has 0 radical (unpaired) electrons. The van der Waals surface area contributed by atoms with E-state index in [1.54, 1.807) is 19.1 Å². The Bertz CT molecular complexity index is 1810. The van der Waals surface area contributed by atoms with Gasteiger partial charge in [-0.25, -0.2) is 15.0 Å². The molecule has 0 atom stereocenters. The number of carboxylic acids is 1. The number of carboxylic acid groups (broad SMARTS) is 1. The van der Waals surface area contributed by atoms with Gasteiger partial charge in [0.05, 0.1) is 29.8 Å². The molecule has 0 saturated carbocycles. The summed E-state index contributed by atoms with van der Waals surface area (Å²) in [5, 5.41) is 23.4. The zero-order chi connectivity index (χ0) is 29.6. The van der Waals surface area contributed by atoms with Gasteiger partial charge in [0.2, 0.25) is 0 Å². The van der Waals surface area contributed by atoms with Crippen molar-refractivity contribution in [2.45, 2.75) is 19.8 Å². The normalized spacial score (nSPS) is 10.9. The maximum absolute atomic E-state index is 13.8. The molecule has 0 aliphatic rings. The van der Waals surface area contributed by atoms with Crippen LogP contribution in [0.5, 0.6) is 11.8 Å². The molecular formula is C31H27N5O6. The first-order chi connectivity index (χ1) is 20.4. The van der Waals surface area contributed by atoms with Crippen molar-refractivity contribution in [3.63, 3.8) is 0 Å². The standard InChI is InChI=1S/C31H27N5O6/c1-2-42-31-33-16-20(17-34-31)25-26-24(28(39)27(35-25)30(41)32-14-13-22(37)38)21(15-18-9-5-3-6-10-18)23(29(40)36-26)19-11-7-4-8-12-19/h3-12,16-17,39H,2,13-15H2,1H3,(H,32,41)(H,36,40)(H,37,38). The molecular weight excluding hydrogens is 538 g/mol. The van der Waals surface area contributed by atoms with Crippen molar-refractivity contribution in [3.05, 3.63) is 100 Å². The van der Waals surface area contributed by atoms with E-state index in [4.69, 9.17) is 9.84 Å². The lowest BCUT2D eigenvalue weighted by atomic mass is 9.91. The molecule has 5 aromatic rings. The van der Waals surface area contributed by atoms with Gasteiger partial charge in [-0.3, -0.25) is 14.4 Å². The number of aromatic amines is 1. The lowest BCUT2D eigenvalue weighted by Gasteiger charge is -2.18. The van der Waals surface area contributed by atoms with Crippen molar-refractivity contribution in [2.24, 2.45) is 0 Å². The summed E-state index contributed by atoms with van der Waals surface area (Å²) < 4.78 is 5.35. The van der Waals surface area contributed by atoms with Crippen LogP contribution < -0.4 is 15.6 Å². The minimum absolute atomic E-state index is 0.139. The van der Waals surface area contributed by atoms with Crippen molar-refractivity contribution in [1.29, 1.82) is 0 Å². The van der Waals surface area contributed by atoms with Crippen LogP contribution in [0.4, 0.5) is 0 Å². The summed E-state index contributed by atoms with van der Waals surface area (Å²) in [7, 11) is 0. The van der Waals surface area contributed by atoms with E-state index >= 15 is 0 Å². The number of aliphatic carboxylic acids is 1. The number of aromatic nitrogens is 4. The van der Waals surface area contributed by atoms with E-state index in [9.17, 15) is 19.5 Å². The van der Waals surface area contributed by atoms with Crippen LogP contribution in [0.1, 0.15) is 35.0 Å². The van der Waals surface area contributed by atoms with Crippen LogP contribution in [-0.2, 0) is 11.2 Å². The van der Waals surface area contributed by atoms with Crippen LogP contribution in [0.3, 0.4) is 0 Å². The van der Waals surface area contributed by atoms with Gasteiger partial charge in [-0.05, 0) is 30.0 Å². The van der Waals surface area contributed by atoms with Gasteiger partial charge in [-0.1, -0.05) is 60.7 Å². The van der Waals surface area contributed by atoms with Crippen LogP contribution in [0.2, 0.25) is 0 Å². The fourth-order valence-electron chi connectivity index (χ4n) is 4.69. The van der Waals surface area contributed by atoms with E-state index in [0.29, 0.717) is 28.9 Å². The smallest absolute Gasteiger partial charge is 0.316 e. The monoisotopic (exact) mass is 565 g/mol. The van der Waals surface area contributed by atoms with Gasteiger partial charge in [-0.2, -0.15) is 0 Å². The molecule has 4 N–H and O–H groups in total. The number of aromatic hydroxyl groups is 1. The van der Waals surface area contributed by atoms with Crippen LogP contribution in [0.15, 0.2) is 77.9 Å². The summed E-state index contributed by atoms with van der Waals surface area (Å²) in [6.07, 6.45) is 2.83. The zero-order valence-electron chi connectivity index (χ0n) is 22.6. The Morgan fingerprint density at radius 3 is 2.29 bits per heavy atom. The van der Waals surface area contributed by atoms with Gasteiger partial charge in [0.1, 0.15) is 0 Å². The Morgan fingerprint density at radius 2 is 1.64 bits per heavy atom. The predicted octanol–water partition coefficient (Wildman–Crippen LogP) is 3.95. The van der Waals surface area contributed by atoms with E-state index in [-0.39, 0.29) is 47.7 Å².